The summed E-state index contributed by atoms with van der Waals surface area (Å²) >= 11 is 0. The highest BCUT2D eigenvalue weighted by Crippen LogP contribution is 2.30. The molecule has 11 heteroatoms. The van der Waals surface area contributed by atoms with Crippen molar-refractivity contribution in [2.45, 2.75) is 64.2 Å². The van der Waals surface area contributed by atoms with Crippen LogP contribution in [-0.2, 0) is 30.8 Å². The van der Waals surface area contributed by atoms with Gasteiger partial charge in [0.1, 0.15) is 22.8 Å². The van der Waals surface area contributed by atoms with E-state index in [0.717, 1.165) is 3.97 Å². The first-order chi connectivity index (χ1) is 18.5. The van der Waals surface area contributed by atoms with Gasteiger partial charge >= 0.3 is 12.1 Å². The third-order valence-corrected chi connectivity index (χ3v) is 6.93. The molecule has 3 rings (SSSR count). The molecular weight excluding hydrogens is 539 g/mol. The zero-order chi connectivity index (χ0) is 29.9. The number of benzene rings is 2. The molecule has 2 aromatic carbocycles. The Morgan fingerprint density at radius 1 is 0.925 bits per heavy atom. The van der Waals surface area contributed by atoms with Crippen molar-refractivity contribution in [3.63, 3.8) is 0 Å². The molecule has 216 valence electrons. The fourth-order valence-electron chi connectivity index (χ4n) is 3.68. The van der Waals surface area contributed by atoms with Crippen molar-refractivity contribution in [3.8, 4) is 17.0 Å². The first-order valence-corrected chi connectivity index (χ1v) is 14.0. The van der Waals surface area contributed by atoms with Crippen LogP contribution < -0.4 is 4.74 Å². The molecule has 0 fully saturated rings. The second kappa shape index (κ2) is 11.7. The maximum absolute atomic E-state index is 14.8. The Bertz CT molecular complexity index is 1480. The van der Waals surface area contributed by atoms with Crippen molar-refractivity contribution < 1.29 is 36.6 Å². The smallest absolute Gasteiger partial charge is 0.410 e. The lowest BCUT2D eigenvalue weighted by Gasteiger charge is -2.24. The molecule has 0 bridgehead atoms. The summed E-state index contributed by atoms with van der Waals surface area (Å²) in [5.41, 5.74) is -0.832. The number of carbonyl (C=O) groups excluding carboxylic acids is 2. The van der Waals surface area contributed by atoms with Gasteiger partial charge in [-0.3, -0.25) is 0 Å². The predicted molar refractivity (Wildman–Crippen MR) is 148 cm³/mol. The number of carbonyl (C=O) groups is 2. The molecule has 9 nitrogen and oxygen atoms in total. The minimum atomic E-state index is -4.27. The molecule has 0 aliphatic carbocycles. The summed E-state index contributed by atoms with van der Waals surface area (Å²) < 4.78 is 59.5. The summed E-state index contributed by atoms with van der Waals surface area (Å²) in [5, 5.41) is 0. The van der Waals surface area contributed by atoms with E-state index >= 15 is 0 Å². The van der Waals surface area contributed by atoms with Crippen LogP contribution in [0.5, 0.6) is 5.75 Å². The average Bonchev–Trinajstić information content (AvgIpc) is 3.25. The zero-order valence-corrected chi connectivity index (χ0v) is 24.5. The average molecular weight is 575 g/mol. The van der Waals surface area contributed by atoms with Gasteiger partial charge in [-0.05, 0) is 77.4 Å². The minimum Gasteiger partial charge on any atom is -0.482 e. The summed E-state index contributed by atoms with van der Waals surface area (Å²) in [7, 11) is -2.75. The lowest BCUT2D eigenvalue weighted by molar-refractivity contribution is -0.157. The van der Waals surface area contributed by atoms with Gasteiger partial charge in [-0.2, -0.15) is 0 Å². The number of rotatable bonds is 8. The first kappa shape index (κ1) is 30.7. The van der Waals surface area contributed by atoms with Crippen LogP contribution in [0.1, 0.15) is 47.1 Å². The van der Waals surface area contributed by atoms with Crippen LogP contribution >= 0.6 is 0 Å². The van der Waals surface area contributed by atoms with Crippen LogP contribution in [0.4, 0.5) is 9.18 Å². The molecule has 0 aliphatic heterocycles. The van der Waals surface area contributed by atoms with Crippen LogP contribution in [0.15, 0.2) is 65.7 Å². The van der Waals surface area contributed by atoms with Crippen LogP contribution in [0.25, 0.3) is 11.3 Å². The second-order valence-electron chi connectivity index (χ2n) is 11.2. The SMILES string of the molecule is CN(Cc1cc(-c2ccccc2F)n(S(=O)(=O)c2cccc(OCC(=O)OC(C)(C)C)c2)c1)C(=O)OC(C)(C)C. The third-order valence-electron chi connectivity index (χ3n) is 5.26. The Labute approximate surface area is 234 Å². The van der Waals surface area contributed by atoms with Gasteiger partial charge in [0.2, 0.25) is 0 Å². The summed E-state index contributed by atoms with van der Waals surface area (Å²) in [6.07, 6.45) is 0.747. The Hall–Kier alpha value is -3.86. The maximum Gasteiger partial charge on any atom is 0.410 e. The van der Waals surface area contributed by atoms with Crippen molar-refractivity contribution >= 4 is 22.1 Å². The lowest BCUT2D eigenvalue weighted by Crippen LogP contribution is -2.33. The molecule has 40 heavy (non-hydrogen) atoms. The van der Waals surface area contributed by atoms with E-state index in [2.05, 4.69) is 0 Å². The van der Waals surface area contributed by atoms with Crippen molar-refractivity contribution in [2.24, 2.45) is 0 Å². The van der Waals surface area contributed by atoms with Crippen LogP contribution in [0, 0.1) is 5.82 Å². The molecule has 0 atom stereocenters. The Balaban J connectivity index is 1.97. The zero-order valence-electron chi connectivity index (χ0n) is 23.7. The molecule has 0 radical (unpaired) electrons. The van der Waals surface area contributed by atoms with E-state index in [-0.39, 0.29) is 28.4 Å². The van der Waals surface area contributed by atoms with E-state index in [9.17, 15) is 22.4 Å². The van der Waals surface area contributed by atoms with E-state index in [1.807, 2.05) is 0 Å². The summed E-state index contributed by atoms with van der Waals surface area (Å²) in [6, 6.07) is 12.9. The fraction of sp³-hybridized carbons (Fsp3) is 0.379. The molecule has 0 saturated heterocycles. The monoisotopic (exact) mass is 574 g/mol. The summed E-state index contributed by atoms with van der Waals surface area (Å²) in [4.78, 5) is 25.7. The van der Waals surface area contributed by atoms with Gasteiger partial charge < -0.3 is 19.1 Å². The Morgan fingerprint density at radius 3 is 2.20 bits per heavy atom. The van der Waals surface area contributed by atoms with E-state index in [1.165, 1.54) is 66.7 Å². The standard InChI is InChI=1S/C29H35FN2O7S/c1-28(2,3)38-26(33)19-37-21-11-10-12-22(16-21)40(35,36)32-18-20(17-31(7)27(34)39-29(4,5)6)15-25(32)23-13-8-9-14-24(23)30/h8-16,18H,17,19H2,1-7H3. The van der Waals surface area contributed by atoms with E-state index < -0.39 is 45.7 Å². The fourth-order valence-corrected chi connectivity index (χ4v) is 5.10. The molecule has 1 heterocycles. The maximum atomic E-state index is 14.8. The van der Waals surface area contributed by atoms with Gasteiger partial charge in [0, 0.05) is 24.9 Å². The number of ether oxygens (including phenoxy) is 3. The normalized spacial score (nSPS) is 12.1. The number of esters is 1. The topological polar surface area (TPSA) is 104 Å². The summed E-state index contributed by atoms with van der Waals surface area (Å²) in [6.45, 7) is 9.99. The molecule has 0 unspecified atom stereocenters. The van der Waals surface area contributed by atoms with Gasteiger partial charge in [0.25, 0.3) is 10.0 Å². The highest BCUT2D eigenvalue weighted by molar-refractivity contribution is 7.90. The lowest BCUT2D eigenvalue weighted by atomic mass is 10.1. The number of aromatic nitrogens is 1. The Kier molecular flexibility index (Phi) is 8.98. The number of halogens is 1. The first-order valence-electron chi connectivity index (χ1n) is 12.6. The van der Waals surface area contributed by atoms with Gasteiger partial charge in [-0.15, -0.1) is 0 Å². The largest absolute Gasteiger partial charge is 0.482 e. The van der Waals surface area contributed by atoms with Gasteiger partial charge in [-0.25, -0.2) is 26.4 Å². The van der Waals surface area contributed by atoms with Crippen molar-refractivity contribution in [2.75, 3.05) is 13.7 Å². The Morgan fingerprint density at radius 2 is 1.57 bits per heavy atom. The van der Waals surface area contributed by atoms with Crippen LogP contribution in [-0.4, -0.2) is 54.2 Å². The molecule has 0 saturated carbocycles. The van der Waals surface area contributed by atoms with Crippen molar-refractivity contribution in [3.05, 3.63) is 72.2 Å². The quantitative estimate of drug-likeness (QED) is 0.322. The van der Waals surface area contributed by atoms with Crippen molar-refractivity contribution in [1.82, 2.24) is 8.87 Å². The minimum absolute atomic E-state index is 0.0118. The third kappa shape index (κ3) is 8.08. The highest BCUT2D eigenvalue weighted by Gasteiger charge is 2.26. The van der Waals surface area contributed by atoms with Crippen molar-refractivity contribution in [1.29, 1.82) is 0 Å². The number of nitrogens with zero attached hydrogens (tertiary/aromatic N) is 2. The molecular formula is C29H35FN2O7S. The van der Waals surface area contributed by atoms with E-state index in [1.54, 1.807) is 47.6 Å². The number of hydrogen-bond acceptors (Lipinski definition) is 7. The molecule has 1 aromatic heterocycles. The summed E-state index contributed by atoms with van der Waals surface area (Å²) in [5.74, 6) is -1.08. The van der Waals surface area contributed by atoms with E-state index in [0.29, 0.717) is 5.56 Å². The predicted octanol–water partition coefficient (Wildman–Crippen LogP) is 5.62. The molecule has 3 aromatic rings. The molecule has 1 amide bonds. The second-order valence-corrected chi connectivity index (χ2v) is 13.0. The van der Waals surface area contributed by atoms with Gasteiger partial charge in [0.05, 0.1) is 17.1 Å². The van der Waals surface area contributed by atoms with Gasteiger partial charge in [-0.1, -0.05) is 18.2 Å². The molecule has 0 aliphatic rings. The van der Waals surface area contributed by atoms with Gasteiger partial charge in [0.15, 0.2) is 6.61 Å². The number of amides is 1. The molecule has 0 N–H and O–H groups in total. The van der Waals surface area contributed by atoms with Crippen LogP contribution in [0.2, 0.25) is 0 Å². The highest BCUT2D eigenvalue weighted by atomic mass is 32.2. The van der Waals surface area contributed by atoms with Crippen LogP contribution in [0.3, 0.4) is 0 Å². The van der Waals surface area contributed by atoms with E-state index in [4.69, 9.17) is 14.2 Å². The molecule has 0 spiro atoms. The number of hydrogen-bond donors (Lipinski definition) is 0.